The van der Waals surface area contributed by atoms with Crippen molar-refractivity contribution in [1.29, 1.82) is 0 Å². The van der Waals surface area contributed by atoms with Crippen LogP contribution < -0.4 is 15.6 Å². The molecule has 0 spiro atoms. The van der Waals surface area contributed by atoms with Crippen LogP contribution >= 0.6 is 0 Å². The fourth-order valence-electron chi connectivity index (χ4n) is 2.41. The molecule has 5 heteroatoms. The summed E-state index contributed by atoms with van der Waals surface area (Å²) in [5, 5.41) is 3.34. The van der Waals surface area contributed by atoms with E-state index >= 15 is 0 Å². The summed E-state index contributed by atoms with van der Waals surface area (Å²) in [6.45, 7) is 2.65. The molecule has 3 rings (SSSR count). The van der Waals surface area contributed by atoms with Gasteiger partial charge in [-0.05, 0) is 32.2 Å². The molecule has 1 N–H and O–H groups in total. The first kappa shape index (κ1) is 11.7. The van der Waals surface area contributed by atoms with Crippen molar-refractivity contribution in [2.45, 2.75) is 31.7 Å². The first-order valence-corrected chi connectivity index (χ1v) is 6.75. The first-order valence-electron chi connectivity index (χ1n) is 6.75. The highest BCUT2D eigenvalue weighted by Gasteiger charge is 2.25. The van der Waals surface area contributed by atoms with Crippen LogP contribution in [0.15, 0.2) is 17.2 Å². The molecule has 1 atom stereocenters. The second-order valence-corrected chi connectivity index (χ2v) is 5.20. The van der Waals surface area contributed by atoms with E-state index in [1.165, 1.54) is 6.42 Å². The highest BCUT2D eigenvalue weighted by Crippen LogP contribution is 2.33. The molecule has 98 valence electrons. The van der Waals surface area contributed by atoms with Crippen LogP contribution in [0.25, 0.3) is 0 Å². The summed E-state index contributed by atoms with van der Waals surface area (Å²) in [6.07, 6.45) is 7.95. The number of nitrogens with zero attached hydrogens (tertiary/aromatic N) is 2. The molecule has 0 bridgehead atoms. The van der Waals surface area contributed by atoms with Crippen LogP contribution in [0.1, 0.15) is 31.7 Å². The van der Waals surface area contributed by atoms with Crippen LogP contribution in [0.4, 0.5) is 0 Å². The molecule has 2 aliphatic rings. The van der Waals surface area contributed by atoms with Crippen molar-refractivity contribution in [3.8, 4) is 5.88 Å². The van der Waals surface area contributed by atoms with Crippen LogP contribution in [0.5, 0.6) is 5.88 Å². The predicted molar refractivity (Wildman–Crippen MR) is 67.9 cm³/mol. The van der Waals surface area contributed by atoms with Crippen LogP contribution in [-0.4, -0.2) is 29.2 Å². The molecule has 1 saturated carbocycles. The number of hydrogen-bond donors (Lipinski definition) is 1. The number of aromatic nitrogens is 2. The minimum atomic E-state index is -0.0798. The second-order valence-electron chi connectivity index (χ2n) is 5.20. The zero-order valence-corrected chi connectivity index (χ0v) is 10.5. The molecule has 1 aliphatic carbocycles. The normalized spacial score (nSPS) is 23.9. The van der Waals surface area contributed by atoms with Crippen LogP contribution in [-0.2, 0) is 0 Å². The smallest absolute Gasteiger partial charge is 0.313 e. The fraction of sp³-hybridized carbons (Fsp3) is 0.692. The Morgan fingerprint density at radius 3 is 3.06 bits per heavy atom. The highest BCUT2D eigenvalue weighted by molar-refractivity contribution is 5.07. The molecule has 1 aliphatic heterocycles. The summed E-state index contributed by atoms with van der Waals surface area (Å²) < 4.78 is 7.36. The maximum absolute atomic E-state index is 12.1. The summed E-state index contributed by atoms with van der Waals surface area (Å²) in [7, 11) is 0. The third kappa shape index (κ3) is 2.56. The van der Waals surface area contributed by atoms with Gasteiger partial charge in [0.1, 0.15) is 0 Å². The standard InChI is InChI=1S/C13H19N3O2/c17-13-12(15-6-7-16(13)11-3-4-11)18-9-10-2-1-5-14-8-10/h6-7,10-11,14H,1-5,8-9H2. The Labute approximate surface area is 106 Å². The minimum Gasteiger partial charge on any atom is -0.473 e. The van der Waals surface area contributed by atoms with Gasteiger partial charge >= 0.3 is 5.56 Å². The van der Waals surface area contributed by atoms with Crippen LogP contribution in [0.2, 0.25) is 0 Å². The van der Waals surface area contributed by atoms with Crippen molar-refractivity contribution >= 4 is 0 Å². The van der Waals surface area contributed by atoms with Gasteiger partial charge in [-0.25, -0.2) is 4.98 Å². The molecule has 1 saturated heterocycles. The number of hydrogen-bond acceptors (Lipinski definition) is 4. The number of piperidine rings is 1. The maximum atomic E-state index is 12.1. The van der Waals surface area contributed by atoms with Crippen molar-refractivity contribution < 1.29 is 4.74 Å². The van der Waals surface area contributed by atoms with Gasteiger partial charge in [0.05, 0.1) is 6.61 Å². The van der Waals surface area contributed by atoms with E-state index in [1.54, 1.807) is 17.0 Å². The predicted octanol–water partition coefficient (Wildman–Crippen LogP) is 0.957. The van der Waals surface area contributed by atoms with E-state index in [1.807, 2.05) is 0 Å². The summed E-state index contributed by atoms with van der Waals surface area (Å²) in [4.78, 5) is 16.1. The van der Waals surface area contributed by atoms with E-state index in [2.05, 4.69) is 10.3 Å². The van der Waals surface area contributed by atoms with Gasteiger partial charge < -0.3 is 14.6 Å². The van der Waals surface area contributed by atoms with Crippen molar-refractivity contribution in [3.05, 3.63) is 22.7 Å². The molecule has 0 aromatic carbocycles. The van der Waals surface area contributed by atoms with E-state index in [4.69, 9.17) is 4.74 Å². The van der Waals surface area contributed by atoms with Gasteiger partial charge in [0.2, 0.25) is 0 Å². The first-order chi connectivity index (χ1) is 8.84. The average Bonchev–Trinajstić information content (AvgIpc) is 3.23. The van der Waals surface area contributed by atoms with Gasteiger partial charge in [0.25, 0.3) is 5.88 Å². The Hall–Kier alpha value is -1.36. The van der Waals surface area contributed by atoms with Gasteiger partial charge in [-0.3, -0.25) is 4.79 Å². The summed E-state index contributed by atoms with van der Waals surface area (Å²) in [5.41, 5.74) is -0.0798. The van der Waals surface area contributed by atoms with Gasteiger partial charge in [-0.15, -0.1) is 0 Å². The third-order valence-corrected chi connectivity index (χ3v) is 3.63. The molecular weight excluding hydrogens is 230 g/mol. The quantitative estimate of drug-likeness (QED) is 0.863. The molecular formula is C13H19N3O2. The van der Waals surface area contributed by atoms with Gasteiger partial charge in [0.15, 0.2) is 0 Å². The number of rotatable bonds is 4. The van der Waals surface area contributed by atoms with E-state index in [0.717, 1.165) is 32.4 Å². The molecule has 1 unspecified atom stereocenters. The molecule has 1 aromatic heterocycles. The Morgan fingerprint density at radius 1 is 1.44 bits per heavy atom. The molecule has 0 radical (unpaired) electrons. The summed E-state index contributed by atoms with van der Waals surface area (Å²) in [5.74, 6) is 0.754. The average molecular weight is 249 g/mol. The second kappa shape index (κ2) is 5.10. The number of ether oxygens (including phenoxy) is 1. The Morgan fingerprint density at radius 2 is 2.33 bits per heavy atom. The Bertz CT molecular complexity index is 462. The maximum Gasteiger partial charge on any atom is 0.313 e. The van der Waals surface area contributed by atoms with E-state index in [9.17, 15) is 4.79 Å². The SMILES string of the molecule is O=c1c(OCC2CCCNC2)nccn1C1CC1. The van der Waals surface area contributed by atoms with Crippen molar-refractivity contribution in [2.75, 3.05) is 19.7 Å². The van der Waals surface area contributed by atoms with Crippen molar-refractivity contribution in [2.24, 2.45) is 5.92 Å². The zero-order chi connectivity index (χ0) is 12.4. The fourth-order valence-corrected chi connectivity index (χ4v) is 2.41. The Balaban J connectivity index is 1.65. The monoisotopic (exact) mass is 249 g/mol. The van der Waals surface area contributed by atoms with Crippen molar-refractivity contribution in [1.82, 2.24) is 14.9 Å². The summed E-state index contributed by atoms with van der Waals surface area (Å²) in [6, 6.07) is 0.374. The Kier molecular flexibility index (Phi) is 3.32. The highest BCUT2D eigenvalue weighted by atomic mass is 16.5. The zero-order valence-electron chi connectivity index (χ0n) is 10.5. The summed E-state index contributed by atoms with van der Waals surface area (Å²) >= 11 is 0. The van der Waals surface area contributed by atoms with E-state index in [-0.39, 0.29) is 11.4 Å². The van der Waals surface area contributed by atoms with E-state index < -0.39 is 0 Å². The molecule has 2 heterocycles. The minimum absolute atomic E-state index is 0.0798. The van der Waals surface area contributed by atoms with Crippen molar-refractivity contribution in [3.63, 3.8) is 0 Å². The lowest BCUT2D eigenvalue weighted by Gasteiger charge is -2.22. The van der Waals surface area contributed by atoms with Gasteiger partial charge in [0, 0.05) is 30.9 Å². The van der Waals surface area contributed by atoms with Gasteiger partial charge in [-0.2, -0.15) is 0 Å². The van der Waals surface area contributed by atoms with Gasteiger partial charge in [-0.1, -0.05) is 0 Å². The molecule has 5 nitrogen and oxygen atoms in total. The molecule has 2 fully saturated rings. The molecule has 0 amide bonds. The topological polar surface area (TPSA) is 56.1 Å². The third-order valence-electron chi connectivity index (χ3n) is 3.63. The van der Waals surface area contributed by atoms with Crippen LogP contribution in [0.3, 0.4) is 0 Å². The lowest BCUT2D eigenvalue weighted by molar-refractivity contribution is 0.208. The molecule has 1 aromatic rings. The number of nitrogens with one attached hydrogen (secondary N) is 1. The largest absolute Gasteiger partial charge is 0.473 e. The molecule has 18 heavy (non-hydrogen) atoms. The van der Waals surface area contributed by atoms with E-state index in [0.29, 0.717) is 18.6 Å². The lowest BCUT2D eigenvalue weighted by Crippen LogP contribution is -2.34. The van der Waals surface area contributed by atoms with Crippen LogP contribution in [0, 0.1) is 5.92 Å². The lowest BCUT2D eigenvalue weighted by atomic mass is 10.0.